The molecule has 0 amide bonds. The van der Waals surface area contributed by atoms with Crippen LogP contribution in [-0.2, 0) is 6.42 Å². The van der Waals surface area contributed by atoms with Crippen LogP contribution in [0.5, 0.6) is 0 Å². The third kappa shape index (κ3) is 2.46. The molecule has 0 fully saturated rings. The fourth-order valence-electron chi connectivity index (χ4n) is 2.91. The molecule has 1 aliphatic rings. The van der Waals surface area contributed by atoms with Gasteiger partial charge in [0.15, 0.2) is 0 Å². The second kappa shape index (κ2) is 5.46. The molecule has 2 unspecified atom stereocenters. The van der Waals surface area contributed by atoms with Gasteiger partial charge in [-0.25, -0.2) is 4.98 Å². The molecule has 1 aromatic carbocycles. The van der Waals surface area contributed by atoms with Gasteiger partial charge in [0.05, 0.1) is 5.69 Å². The second-order valence-electron chi connectivity index (χ2n) is 5.56. The predicted octanol–water partition coefficient (Wildman–Crippen LogP) is 5.12. The van der Waals surface area contributed by atoms with Crippen molar-refractivity contribution in [3.05, 3.63) is 51.5 Å². The maximum atomic E-state index is 4.92. The summed E-state index contributed by atoms with van der Waals surface area (Å²) in [5, 5.41) is 3.59. The Kier molecular flexibility index (Phi) is 3.69. The van der Waals surface area contributed by atoms with Crippen molar-refractivity contribution >= 4 is 11.3 Å². The van der Waals surface area contributed by atoms with Crippen molar-refractivity contribution in [3.63, 3.8) is 0 Å². The minimum Gasteiger partial charge on any atom is -0.245 e. The molecule has 0 spiro atoms. The average molecular weight is 271 g/mol. The molecule has 100 valence electrons. The Labute approximate surface area is 119 Å². The molecule has 0 saturated carbocycles. The van der Waals surface area contributed by atoms with Crippen LogP contribution in [-0.4, -0.2) is 4.98 Å². The summed E-state index contributed by atoms with van der Waals surface area (Å²) in [6.07, 6.45) is 4.95. The van der Waals surface area contributed by atoms with Gasteiger partial charge in [0.1, 0.15) is 5.01 Å². The van der Waals surface area contributed by atoms with Crippen LogP contribution in [0.2, 0.25) is 0 Å². The van der Waals surface area contributed by atoms with Crippen molar-refractivity contribution in [2.45, 2.75) is 51.4 Å². The summed E-state index contributed by atoms with van der Waals surface area (Å²) >= 11 is 1.85. The van der Waals surface area contributed by atoms with E-state index in [0.717, 1.165) is 0 Å². The lowest BCUT2D eigenvalue weighted by Gasteiger charge is -2.23. The number of hydrogen-bond acceptors (Lipinski definition) is 2. The molecule has 19 heavy (non-hydrogen) atoms. The summed E-state index contributed by atoms with van der Waals surface area (Å²) in [6, 6.07) is 8.90. The topological polar surface area (TPSA) is 12.9 Å². The van der Waals surface area contributed by atoms with Crippen LogP contribution in [0.1, 0.15) is 66.8 Å². The normalized spacial score (nSPS) is 20.0. The lowest BCUT2D eigenvalue weighted by atomic mass is 9.83. The van der Waals surface area contributed by atoms with Gasteiger partial charge in [-0.1, -0.05) is 38.1 Å². The van der Waals surface area contributed by atoms with Crippen LogP contribution in [0.4, 0.5) is 0 Å². The lowest BCUT2D eigenvalue weighted by molar-refractivity contribution is 0.608. The van der Waals surface area contributed by atoms with Crippen LogP contribution in [0.3, 0.4) is 0 Å². The highest BCUT2D eigenvalue weighted by Gasteiger charge is 2.24. The third-order valence-corrected chi connectivity index (χ3v) is 5.30. The van der Waals surface area contributed by atoms with Gasteiger partial charge in [-0.15, -0.1) is 11.3 Å². The molecule has 0 aliphatic heterocycles. The van der Waals surface area contributed by atoms with E-state index in [4.69, 9.17) is 4.98 Å². The Bertz CT molecular complexity index is 558. The first kappa shape index (κ1) is 12.9. The maximum absolute atomic E-state index is 4.92. The smallest absolute Gasteiger partial charge is 0.100 e. The van der Waals surface area contributed by atoms with Crippen molar-refractivity contribution < 1.29 is 0 Å². The van der Waals surface area contributed by atoms with E-state index in [2.05, 4.69) is 43.5 Å². The van der Waals surface area contributed by atoms with E-state index < -0.39 is 0 Å². The number of hydrogen-bond donors (Lipinski definition) is 0. The number of rotatable bonds is 3. The highest BCUT2D eigenvalue weighted by atomic mass is 32.1. The quantitative estimate of drug-likeness (QED) is 0.754. The van der Waals surface area contributed by atoms with E-state index >= 15 is 0 Å². The van der Waals surface area contributed by atoms with Crippen LogP contribution in [0.25, 0.3) is 0 Å². The minimum absolute atomic E-state index is 0.535. The van der Waals surface area contributed by atoms with Gasteiger partial charge in [0.25, 0.3) is 0 Å². The van der Waals surface area contributed by atoms with Crippen LogP contribution in [0.15, 0.2) is 29.6 Å². The van der Waals surface area contributed by atoms with Gasteiger partial charge >= 0.3 is 0 Å². The van der Waals surface area contributed by atoms with Crippen LogP contribution < -0.4 is 0 Å². The van der Waals surface area contributed by atoms with Crippen molar-refractivity contribution in [1.82, 2.24) is 4.98 Å². The van der Waals surface area contributed by atoms with Crippen molar-refractivity contribution in [1.29, 1.82) is 0 Å². The van der Waals surface area contributed by atoms with Crippen molar-refractivity contribution in [2.24, 2.45) is 0 Å². The SMILES string of the molecule is CCC(C)c1csc(C2CCCc3ccccc32)n1. The lowest BCUT2D eigenvalue weighted by Crippen LogP contribution is -2.10. The van der Waals surface area contributed by atoms with Crippen LogP contribution >= 0.6 is 11.3 Å². The van der Waals surface area contributed by atoms with Gasteiger partial charge in [-0.05, 0) is 42.7 Å². The molecule has 2 atom stereocenters. The summed E-state index contributed by atoms with van der Waals surface area (Å²) in [5.41, 5.74) is 4.32. The number of fused-ring (bicyclic) bond motifs is 1. The number of benzene rings is 1. The van der Waals surface area contributed by atoms with Gasteiger partial charge < -0.3 is 0 Å². The Morgan fingerprint density at radius 3 is 3.05 bits per heavy atom. The highest BCUT2D eigenvalue weighted by Crippen LogP contribution is 2.38. The Morgan fingerprint density at radius 1 is 1.37 bits per heavy atom. The molecule has 1 nitrogen and oxygen atoms in total. The fraction of sp³-hybridized carbons (Fsp3) is 0.471. The molecular weight excluding hydrogens is 250 g/mol. The maximum Gasteiger partial charge on any atom is 0.100 e. The molecule has 0 bridgehead atoms. The predicted molar refractivity (Wildman–Crippen MR) is 82.0 cm³/mol. The van der Waals surface area contributed by atoms with Gasteiger partial charge in [0.2, 0.25) is 0 Å². The van der Waals surface area contributed by atoms with Crippen molar-refractivity contribution in [2.75, 3.05) is 0 Å². The molecule has 2 heteroatoms. The Morgan fingerprint density at radius 2 is 2.21 bits per heavy atom. The number of thiazole rings is 1. The molecule has 3 rings (SSSR count). The molecule has 0 N–H and O–H groups in total. The fourth-order valence-corrected chi connectivity index (χ4v) is 4.00. The first-order chi connectivity index (χ1) is 9.29. The zero-order valence-electron chi connectivity index (χ0n) is 11.7. The first-order valence-corrected chi connectivity index (χ1v) is 8.20. The van der Waals surface area contributed by atoms with Gasteiger partial charge in [-0.2, -0.15) is 0 Å². The highest BCUT2D eigenvalue weighted by molar-refractivity contribution is 7.09. The van der Waals surface area contributed by atoms with E-state index in [1.165, 1.54) is 47.5 Å². The molecule has 1 heterocycles. The van der Waals surface area contributed by atoms with Gasteiger partial charge in [0, 0.05) is 11.3 Å². The molecule has 0 radical (unpaired) electrons. The number of aryl methyl sites for hydroxylation is 1. The molecule has 2 aromatic rings. The van der Waals surface area contributed by atoms with Crippen molar-refractivity contribution in [3.8, 4) is 0 Å². The zero-order valence-corrected chi connectivity index (χ0v) is 12.5. The second-order valence-corrected chi connectivity index (χ2v) is 6.45. The molecule has 1 aromatic heterocycles. The Hall–Kier alpha value is -1.15. The van der Waals surface area contributed by atoms with E-state index in [0.29, 0.717) is 11.8 Å². The number of aromatic nitrogens is 1. The average Bonchev–Trinajstić information content (AvgIpc) is 2.95. The minimum atomic E-state index is 0.535. The third-order valence-electron chi connectivity index (χ3n) is 4.32. The summed E-state index contributed by atoms with van der Waals surface area (Å²) < 4.78 is 0. The molecular formula is C17H21NS. The molecule has 1 aliphatic carbocycles. The largest absolute Gasteiger partial charge is 0.245 e. The summed E-state index contributed by atoms with van der Waals surface area (Å²) in [4.78, 5) is 4.92. The summed E-state index contributed by atoms with van der Waals surface area (Å²) in [7, 11) is 0. The standard InChI is InChI=1S/C17H21NS/c1-3-12(2)16-11-19-17(18-16)15-10-6-8-13-7-4-5-9-14(13)15/h4-5,7,9,11-12,15H,3,6,8,10H2,1-2H3. The van der Waals surface area contributed by atoms with Gasteiger partial charge in [-0.3, -0.25) is 0 Å². The molecule has 0 saturated heterocycles. The van der Waals surface area contributed by atoms with E-state index in [1.54, 1.807) is 0 Å². The summed E-state index contributed by atoms with van der Waals surface area (Å²) in [6.45, 7) is 4.51. The first-order valence-electron chi connectivity index (χ1n) is 7.32. The van der Waals surface area contributed by atoms with E-state index in [9.17, 15) is 0 Å². The number of nitrogens with zero attached hydrogens (tertiary/aromatic N) is 1. The van der Waals surface area contributed by atoms with E-state index in [-0.39, 0.29) is 0 Å². The van der Waals surface area contributed by atoms with Crippen LogP contribution in [0, 0.1) is 0 Å². The summed E-state index contributed by atoms with van der Waals surface area (Å²) in [5.74, 6) is 1.12. The zero-order chi connectivity index (χ0) is 13.2. The Balaban J connectivity index is 1.93. The van der Waals surface area contributed by atoms with E-state index in [1.807, 2.05) is 11.3 Å². The monoisotopic (exact) mass is 271 g/mol.